The number of carboxylic acids is 1. The average Bonchev–Trinajstić information content (AvgIpc) is 2.22. The molecule has 0 unspecified atom stereocenters. The summed E-state index contributed by atoms with van der Waals surface area (Å²) < 4.78 is 25.8. The maximum absolute atomic E-state index is 13.1. The second kappa shape index (κ2) is 6.00. The standard InChI is InChI=1S/C12H12F2O2/c13-10-6-7-11(14)9(8-10)4-2-1-3-5-12(15)16/h2,4,6-8H,1,3,5H2,(H,15,16)/b4-2+. The Morgan fingerprint density at radius 2 is 2.12 bits per heavy atom. The topological polar surface area (TPSA) is 37.3 Å². The quantitative estimate of drug-likeness (QED) is 0.782. The van der Waals surface area contributed by atoms with Crippen LogP contribution in [0.5, 0.6) is 0 Å². The van der Waals surface area contributed by atoms with Gasteiger partial charge >= 0.3 is 5.97 Å². The fourth-order valence-electron chi connectivity index (χ4n) is 1.22. The van der Waals surface area contributed by atoms with E-state index in [1.165, 1.54) is 6.08 Å². The highest BCUT2D eigenvalue weighted by molar-refractivity contribution is 5.66. The Hall–Kier alpha value is -1.71. The largest absolute Gasteiger partial charge is 0.481 e. The maximum atomic E-state index is 13.1. The van der Waals surface area contributed by atoms with Crippen LogP contribution in [0, 0.1) is 11.6 Å². The number of aliphatic carboxylic acids is 1. The Balaban J connectivity index is 2.49. The third-order valence-corrected chi connectivity index (χ3v) is 2.02. The highest BCUT2D eigenvalue weighted by Gasteiger charge is 1.99. The molecule has 0 radical (unpaired) electrons. The van der Waals surface area contributed by atoms with Gasteiger partial charge in [-0.1, -0.05) is 12.2 Å². The molecule has 0 aliphatic rings. The van der Waals surface area contributed by atoms with E-state index in [4.69, 9.17) is 5.11 Å². The van der Waals surface area contributed by atoms with Crippen molar-refractivity contribution in [2.45, 2.75) is 19.3 Å². The molecule has 4 heteroatoms. The predicted molar refractivity (Wildman–Crippen MR) is 56.9 cm³/mol. The number of rotatable bonds is 5. The molecule has 0 fully saturated rings. The number of carboxylic acid groups (broad SMARTS) is 1. The molecule has 86 valence electrons. The van der Waals surface area contributed by atoms with Gasteiger partial charge in [-0.15, -0.1) is 0 Å². The third-order valence-electron chi connectivity index (χ3n) is 2.02. The molecular weight excluding hydrogens is 214 g/mol. The molecule has 0 amide bonds. The summed E-state index contributed by atoms with van der Waals surface area (Å²) in [6.45, 7) is 0. The van der Waals surface area contributed by atoms with Crippen LogP contribution >= 0.6 is 0 Å². The molecule has 2 nitrogen and oxygen atoms in total. The molecular formula is C12H12F2O2. The molecule has 0 bridgehead atoms. The fourth-order valence-corrected chi connectivity index (χ4v) is 1.22. The minimum absolute atomic E-state index is 0.0793. The first kappa shape index (κ1) is 12.4. The molecule has 0 heterocycles. The second-order valence-corrected chi connectivity index (χ2v) is 3.35. The van der Waals surface area contributed by atoms with Crippen molar-refractivity contribution in [2.24, 2.45) is 0 Å². The normalized spacial score (nSPS) is 10.9. The summed E-state index contributed by atoms with van der Waals surface area (Å²) >= 11 is 0. The number of benzene rings is 1. The molecule has 0 aromatic heterocycles. The van der Waals surface area contributed by atoms with E-state index in [9.17, 15) is 13.6 Å². The number of allylic oxidation sites excluding steroid dienone is 1. The van der Waals surface area contributed by atoms with Crippen molar-refractivity contribution in [3.63, 3.8) is 0 Å². The Kier molecular flexibility index (Phi) is 4.64. The summed E-state index contributed by atoms with van der Waals surface area (Å²) in [5, 5.41) is 8.38. The lowest BCUT2D eigenvalue weighted by Gasteiger charge is -1.96. The van der Waals surface area contributed by atoms with E-state index in [0.29, 0.717) is 12.8 Å². The lowest BCUT2D eigenvalue weighted by atomic mass is 10.1. The molecule has 0 saturated carbocycles. The zero-order valence-corrected chi connectivity index (χ0v) is 8.62. The Morgan fingerprint density at radius 1 is 1.38 bits per heavy atom. The third kappa shape index (κ3) is 4.21. The van der Waals surface area contributed by atoms with Gasteiger partial charge in [0.05, 0.1) is 0 Å². The zero-order chi connectivity index (χ0) is 12.0. The Labute approximate surface area is 92.2 Å². The summed E-state index contributed by atoms with van der Waals surface area (Å²) in [6.07, 6.45) is 4.20. The van der Waals surface area contributed by atoms with Crippen LogP contribution in [0.25, 0.3) is 6.08 Å². The Bertz CT molecular complexity index is 400. The van der Waals surface area contributed by atoms with Crippen LogP contribution in [0.2, 0.25) is 0 Å². The van der Waals surface area contributed by atoms with Crippen molar-refractivity contribution in [1.29, 1.82) is 0 Å². The molecule has 1 N–H and O–H groups in total. The highest BCUT2D eigenvalue weighted by atomic mass is 19.1. The maximum Gasteiger partial charge on any atom is 0.303 e. The smallest absolute Gasteiger partial charge is 0.303 e. The van der Waals surface area contributed by atoms with Gasteiger partial charge in [0.15, 0.2) is 0 Å². The number of unbranched alkanes of at least 4 members (excludes halogenated alkanes) is 1. The monoisotopic (exact) mass is 226 g/mol. The van der Waals surface area contributed by atoms with E-state index in [2.05, 4.69) is 0 Å². The van der Waals surface area contributed by atoms with Crippen LogP contribution in [-0.4, -0.2) is 11.1 Å². The van der Waals surface area contributed by atoms with Crippen LogP contribution < -0.4 is 0 Å². The summed E-state index contributed by atoms with van der Waals surface area (Å²) in [4.78, 5) is 10.2. The minimum Gasteiger partial charge on any atom is -0.481 e. The van der Waals surface area contributed by atoms with Crippen molar-refractivity contribution in [1.82, 2.24) is 0 Å². The number of hydrogen-bond acceptors (Lipinski definition) is 1. The van der Waals surface area contributed by atoms with Crippen LogP contribution in [0.4, 0.5) is 8.78 Å². The SMILES string of the molecule is O=C(O)CCC/C=C/c1cc(F)ccc1F. The van der Waals surface area contributed by atoms with Gasteiger partial charge in [-0.3, -0.25) is 4.79 Å². The molecule has 1 aromatic carbocycles. The van der Waals surface area contributed by atoms with Crippen LogP contribution in [0.1, 0.15) is 24.8 Å². The second-order valence-electron chi connectivity index (χ2n) is 3.35. The first-order chi connectivity index (χ1) is 7.59. The van der Waals surface area contributed by atoms with Crippen LogP contribution in [-0.2, 0) is 4.79 Å². The van der Waals surface area contributed by atoms with E-state index in [1.54, 1.807) is 6.08 Å². The van der Waals surface area contributed by atoms with Crippen LogP contribution in [0.3, 0.4) is 0 Å². The van der Waals surface area contributed by atoms with Gasteiger partial charge < -0.3 is 5.11 Å². The first-order valence-electron chi connectivity index (χ1n) is 4.93. The predicted octanol–water partition coefficient (Wildman–Crippen LogP) is 3.23. The molecule has 1 rings (SSSR count). The summed E-state index contributed by atoms with van der Waals surface area (Å²) in [5.74, 6) is -1.84. The average molecular weight is 226 g/mol. The molecule has 0 aliphatic heterocycles. The van der Waals surface area contributed by atoms with E-state index < -0.39 is 17.6 Å². The summed E-state index contributed by atoms with van der Waals surface area (Å²) in [5.41, 5.74) is 0.176. The number of halogens is 2. The minimum atomic E-state index is -0.856. The van der Waals surface area contributed by atoms with Crippen molar-refractivity contribution in [2.75, 3.05) is 0 Å². The van der Waals surface area contributed by atoms with Crippen molar-refractivity contribution in [3.8, 4) is 0 Å². The van der Waals surface area contributed by atoms with Crippen molar-refractivity contribution in [3.05, 3.63) is 41.5 Å². The van der Waals surface area contributed by atoms with E-state index >= 15 is 0 Å². The van der Waals surface area contributed by atoms with Gasteiger partial charge in [0, 0.05) is 12.0 Å². The zero-order valence-electron chi connectivity index (χ0n) is 8.62. The molecule has 1 aromatic rings. The summed E-state index contributed by atoms with van der Waals surface area (Å²) in [6, 6.07) is 3.21. The molecule has 0 saturated heterocycles. The van der Waals surface area contributed by atoms with Gasteiger partial charge in [-0.2, -0.15) is 0 Å². The first-order valence-corrected chi connectivity index (χ1v) is 4.93. The van der Waals surface area contributed by atoms with Crippen LogP contribution in [0.15, 0.2) is 24.3 Å². The Morgan fingerprint density at radius 3 is 2.81 bits per heavy atom. The molecule has 0 spiro atoms. The number of carbonyl (C=O) groups is 1. The van der Waals surface area contributed by atoms with Gasteiger partial charge in [0.1, 0.15) is 11.6 Å². The molecule has 0 aliphatic carbocycles. The van der Waals surface area contributed by atoms with Gasteiger partial charge in [0.2, 0.25) is 0 Å². The van der Waals surface area contributed by atoms with E-state index in [1.807, 2.05) is 0 Å². The number of hydrogen-bond donors (Lipinski definition) is 1. The fraction of sp³-hybridized carbons (Fsp3) is 0.250. The highest BCUT2D eigenvalue weighted by Crippen LogP contribution is 2.12. The van der Waals surface area contributed by atoms with Crippen molar-refractivity contribution >= 4 is 12.0 Å². The van der Waals surface area contributed by atoms with E-state index in [-0.39, 0.29) is 12.0 Å². The molecule has 0 atom stereocenters. The molecule has 16 heavy (non-hydrogen) atoms. The van der Waals surface area contributed by atoms with Gasteiger partial charge in [-0.05, 0) is 31.0 Å². The summed E-state index contributed by atoms with van der Waals surface area (Å²) in [7, 11) is 0. The lowest BCUT2D eigenvalue weighted by Crippen LogP contribution is -1.92. The van der Waals surface area contributed by atoms with Gasteiger partial charge in [-0.25, -0.2) is 8.78 Å². The van der Waals surface area contributed by atoms with Gasteiger partial charge in [0.25, 0.3) is 0 Å². The lowest BCUT2D eigenvalue weighted by molar-refractivity contribution is -0.137. The van der Waals surface area contributed by atoms with E-state index in [0.717, 1.165) is 18.2 Å². The van der Waals surface area contributed by atoms with Crippen molar-refractivity contribution < 1.29 is 18.7 Å².